The summed E-state index contributed by atoms with van der Waals surface area (Å²) in [5.74, 6) is 0. The van der Waals surface area contributed by atoms with E-state index in [1.54, 1.807) is 6.20 Å². The molecule has 0 amide bonds. The molecule has 68 valence electrons. The fourth-order valence-corrected chi connectivity index (χ4v) is 0.903. The van der Waals surface area contributed by atoms with E-state index in [-0.39, 0.29) is 0 Å². The Bertz CT molecular complexity index is 359. The zero-order valence-electron chi connectivity index (χ0n) is 7.52. The Balaban J connectivity index is 2.92. The maximum absolute atomic E-state index is 10.0. The van der Waals surface area contributed by atoms with Crippen LogP contribution in [0.4, 0.5) is 0 Å². The van der Waals surface area contributed by atoms with E-state index in [4.69, 9.17) is 0 Å². The standard InChI is InChI=1S/C9H10N2O2/c1-7-5-9(3-4-11(12)13)6-10-8(7)2/h3-6H,1-2H3. The second kappa shape index (κ2) is 3.80. The largest absolute Gasteiger partial charge is 0.261 e. The van der Waals surface area contributed by atoms with Crippen molar-refractivity contribution in [1.29, 1.82) is 0 Å². The predicted octanol–water partition coefficient (Wildman–Crippen LogP) is 1.95. The first-order valence-corrected chi connectivity index (χ1v) is 3.84. The molecular weight excluding hydrogens is 168 g/mol. The molecule has 0 aromatic carbocycles. The second-order valence-corrected chi connectivity index (χ2v) is 2.77. The van der Waals surface area contributed by atoms with Crippen molar-refractivity contribution in [3.8, 4) is 0 Å². The first-order valence-electron chi connectivity index (χ1n) is 3.84. The maximum Gasteiger partial charge on any atom is 0.235 e. The molecule has 0 spiro atoms. The molecule has 1 rings (SSSR count). The van der Waals surface area contributed by atoms with Gasteiger partial charge in [0.05, 0.1) is 4.92 Å². The number of nitro groups is 1. The Labute approximate surface area is 76.1 Å². The molecule has 1 aromatic rings. The highest BCUT2D eigenvalue weighted by Gasteiger charge is 1.95. The fraction of sp³-hybridized carbons (Fsp3) is 0.222. The van der Waals surface area contributed by atoms with Crippen LogP contribution in [0, 0.1) is 24.0 Å². The summed E-state index contributed by atoms with van der Waals surface area (Å²) in [6.07, 6.45) is 3.95. The van der Waals surface area contributed by atoms with Gasteiger partial charge < -0.3 is 0 Å². The van der Waals surface area contributed by atoms with Crippen LogP contribution < -0.4 is 0 Å². The smallest absolute Gasteiger partial charge is 0.235 e. The quantitative estimate of drug-likeness (QED) is 0.513. The summed E-state index contributed by atoms with van der Waals surface area (Å²) >= 11 is 0. The molecule has 4 heteroatoms. The minimum Gasteiger partial charge on any atom is -0.261 e. The van der Waals surface area contributed by atoms with Crippen LogP contribution in [-0.4, -0.2) is 9.91 Å². The molecule has 0 radical (unpaired) electrons. The first kappa shape index (κ1) is 9.38. The zero-order chi connectivity index (χ0) is 9.84. The van der Waals surface area contributed by atoms with Gasteiger partial charge in [-0.3, -0.25) is 15.1 Å². The molecule has 0 saturated carbocycles. The van der Waals surface area contributed by atoms with Gasteiger partial charge in [0.25, 0.3) is 0 Å². The summed E-state index contributed by atoms with van der Waals surface area (Å²) in [4.78, 5) is 13.6. The average Bonchev–Trinajstić information content (AvgIpc) is 2.07. The molecule has 0 aliphatic rings. The van der Waals surface area contributed by atoms with E-state index in [1.807, 2.05) is 19.9 Å². The number of pyridine rings is 1. The van der Waals surface area contributed by atoms with Gasteiger partial charge in [-0.2, -0.15) is 0 Å². The van der Waals surface area contributed by atoms with Gasteiger partial charge in [-0.15, -0.1) is 0 Å². The number of hydrogen-bond donors (Lipinski definition) is 0. The Kier molecular flexibility index (Phi) is 2.74. The first-order chi connectivity index (χ1) is 6.09. The average molecular weight is 178 g/mol. The van der Waals surface area contributed by atoms with Crippen LogP contribution in [0.5, 0.6) is 0 Å². The molecule has 0 bridgehead atoms. The van der Waals surface area contributed by atoms with Crippen molar-refractivity contribution < 1.29 is 4.92 Å². The molecule has 13 heavy (non-hydrogen) atoms. The summed E-state index contributed by atoms with van der Waals surface area (Å²) in [6, 6.07) is 1.86. The Morgan fingerprint density at radius 2 is 2.23 bits per heavy atom. The van der Waals surface area contributed by atoms with Gasteiger partial charge >= 0.3 is 0 Å². The van der Waals surface area contributed by atoms with Crippen LogP contribution in [0.1, 0.15) is 16.8 Å². The molecule has 1 heterocycles. The van der Waals surface area contributed by atoms with Crippen molar-refractivity contribution in [3.05, 3.63) is 45.4 Å². The molecule has 4 nitrogen and oxygen atoms in total. The zero-order valence-corrected chi connectivity index (χ0v) is 7.52. The summed E-state index contributed by atoms with van der Waals surface area (Å²) in [7, 11) is 0. The second-order valence-electron chi connectivity index (χ2n) is 2.77. The Morgan fingerprint density at radius 1 is 1.54 bits per heavy atom. The van der Waals surface area contributed by atoms with Gasteiger partial charge in [-0.25, -0.2) is 0 Å². The van der Waals surface area contributed by atoms with Crippen molar-refractivity contribution >= 4 is 6.08 Å². The van der Waals surface area contributed by atoms with Crippen molar-refractivity contribution in [3.63, 3.8) is 0 Å². The van der Waals surface area contributed by atoms with Crippen LogP contribution >= 0.6 is 0 Å². The number of aromatic nitrogens is 1. The van der Waals surface area contributed by atoms with E-state index in [1.165, 1.54) is 6.08 Å². The lowest BCUT2D eigenvalue weighted by Crippen LogP contribution is -1.88. The summed E-state index contributed by atoms with van der Waals surface area (Å²) in [6.45, 7) is 3.82. The number of aryl methyl sites for hydroxylation is 2. The molecular formula is C9H10N2O2. The molecule has 0 saturated heterocycles. The van der Waals surface area contributed by atoms with Gasteiger partial charge in [0.2, 0.25) is 6.20 Å². The summed E-state index contributed by atoms with van der Waals surface area (Å²) in [5.41, 5.74) is 2.73. The minimum absolute atomic E-state index is 0.491. The van der Waals surface area contributed by atoms with E-state index in [0.717, 1.165) is 23.0 Å². The maximum atomic E-state index is 10.0. The lowest BCUT2D eigenvalue weighted by Gasteiger charge is -1.98. The topological polar surface area (TPSA) is 56.0 Å². The van der Waals surface area contributed by atoms with Crippen LogP contribution in [0.3, 0.4) is 0 Å². The van der Waals surface area contributed by atoms with Gasteiger partial charge in [-0.1, -0.05) is 0 Å². The third kappa shape index (κ3) is 2.66. The van der Waals surface area contributed by atoms with Crippen LogP contribution in [0.15, 0.2) is 18.5 Å². The van der Waals surface area contributed by atoms with Crippen molar-refractivity contribution in [2.45, 2.75) is 13.8 Å². The third-order valence-electron chi connectivity index (χ3n) is 1.75. The minimum atomic E-state index is -0.491. The normalized spacial score (nSPS) is 10.6. The van der Waals surface area contributed by atoms with Crippen LogP contribution in [-0.2, 0) is 0 Å². The van der Waals surface area contributed by atoms with E-state index in [0.29, 0.717) is 0 Å². The highest BCUT2D eigenvalue weighted by Crippen LogP contribution is 2.07. The number of rotatable bonds is 2. The fourth-order valence-electron chi connectivity index (χ4n) is 0.903. The van der Waals surface area contributed by atoms with Gasteiger partial charge in [0.1, 0.15) is 0 Å². The third-order valence-corrected chi connectivity index (χ3v) is 1.75. The van der Waals surface area contributed by atoms with Gasteiger partial charge in [0.15, 0.2) is 0 Å². The molecule has 1 aromatic heterocycles. The molecule has 0 aliphatic heterocycles. The Hall–Kier alpha value is -1.71. The molecule has 0 unspecified atom stereocenters. The summed E-state index contributed by atoms with van der Waals surface area (Å²) < 4.78 is 0. The van der Waals surface area contributed by atoms with Crippen LogP contribution in [0.25, 0.3) is 6.08 Å². The van der Waals surface area contributed by atoms with E-state index < -0.39 is 4.92 Å². The van der Waals surface area contributed by atoms with E-state index in [2.05, 4.69) is 4.98 Å². The van der Waals surface area contributed by atoms with E-state index in [9.17, 15) is 10.1 Å². The summed E-state index contributed by atoms with van der Waals surface area (Å²) in [5, 5.41) is 10.0. The van der Waals surface area contributed by atoms with Gasteiger partial charge in [0, 0.05) is 18.0 Å². The SMILES string of the molecule is Cc1cc(C=C[N+](=O)[O-])cnc1C. The van der Waals surface area contributed by atoms with Crippen molar-refractivity contribution in [1.82, 2.24) is 4.98 Å². The lowest BCUT2D eigenvalue weighted by atomic mass is 10.1. The predicted molar refractivity (Wildman–Crippen MR) is 49.7 cm³/mol. The number of hydrogen-bond acceptors (Lipinski definition) is 3. The highest BCUT2D eigenvalue weighted by molar-refractivity contribution is 5.48. The van der Waals surface area contributed by atoms with Crippen LogP contribution in [0.2, 0.25) is 0 Å². The molecule has 0 atom stereocenters. The highest BCUT2D eigenvalue weighted by atomic mass is 16.6. The number of nitrogens with zero attached hydrogens (tertiary/aromatic N) is 2. The molecule has 0 N–H and O–H groups in total. The van der Waals surface area contributed by atoms with Crippen molar-refractivity contribution in [2.75, 3.05) is 0 Å². The van der Waals surface area contributed by atoms with Crippen molar-refractivity contribution in [2.24, 2.45) is 0 Å². The monoisotopic (exact) mass is 178 g/mol. The lowest BCUT2D eigenvalue weighted by molar-refractivity contribution is -0.400. The van der Waals surface area contributed by atoms with E-state index >= 15 is 0 Å². The Morgan fingerprint density at radius 3 is 2.77 bits per heavy atom. The molecule has 0 aliphatic carbocycles. The van der Waals surface area contributed by atoms with Gasteiger partial charge in [-0.05, 0) is 31.0 Å². The molecule has 0 fully saturated rings.